The van der Waals surface area contributed by atoms with E-state index in [4.69, 9.17) is 0 Å². The monoisotopic (exact) mass is 312 g/mol. The van der Waals surface area contributed by atoms with Crippen LogP contribution in [-0.4, -0.2) is 22.2 Å². The van der Waals surface area contributed by atoms with E-state index < -0.39 is 23.8 Å². The largest absolute Gasteiger partial charge is 0.481 e. The number of carboxylic acids is 2. The predicted octanol–water partition coefficient (Wildman–Crippen LogP) is 3.34. The second-order valence-corrected chi connectivity index (χ2v) is 6.00. The van der Waals surface area contributed by atoms with E-state index in [-0.39, 0.29) is 6.42 Å². The van der Waals surface area contributed by atoms with Gasteiger partial charge in [-0.2, -0.15) is 0 Å². The highest BCUT2D eigenvalue weighted by atomic mass is 16.4. The predicted molar refractivity (Wildman–Crippen MR) is 87.6 cm³/mol. The molecule has 0 spiro atoms. The zero-order valence-corrected chi connectivity index (χ0v) is 13.2. The van der Waals surface area contributed by atoms with Crippen LogP contribution in [0, 0.1) is 13.8 Å². The fourth-order valence-corrected chi connectivity index (χ4v) is 2.99. The van der Waals surface area contributed by atoms with Gasteiger partial charge in [0.1, 0.15) is 5.41 Å². The fourth-order valence-electron chi connectivity index (χ4n) is 2.99. The number of hydrogen-bond donors (Lipinski definition) is 2. The smallest absolute Gasteiger partial charge is 0.315 e. The summed E-state index contributed by atoms with van der Waals surface area (Å²) in [6.45, 7) is 3.76. The van der Waals surface area contributed by atoms with Crippen molar-refractivity contribution in [1.82, 2.24) is 0 Å². The lowest BCUT2D eigenvalue weighted by molar-refractivity contribution is -0.150. The maximum absolute atomic E-state index is 12.1. The van der Waals surface area contributed by atoms with Gasteiger partial charge in [-0.1, -0.05) is 59.7 Å². The van der Waals surface area contributed by atoms with Crippen molar-refractivity contribution in [3.8, 4) is 0 Å². The maximum Gasteiger partial charge on any atom is 0.315 e. The highest BCUT2D eigenvalue weighted by Crippen LogP contribution is 2.34. The van der Waals surface area contributed by atoms with Crippen LogP contribution >= 0.6 is 0 Å². The normalized spacial score (nSPS) is 13.3. The Hall–Kier alpha value is -2.62. The van der Waals surface area contributed by atoms with Crippen LogP contribution in [0.25, 0.3) is 0 Å². The summed E-state index contributed by atoms with van der Waals surface area (Å²) < 4.78 is 0. The summed E-state index contributed by atoms with van der Waals surface area (Å²) in [7, 11) is 0. The van der Waals surface area contributed by atoms with Crippen LogP contribution in [0.1, 0.15) is 28.7 Å². The Kier molecular flexibility index (Phi) is 4.84. The molecule has 2 aromatic rings. The minimum Gasteiger partial charge on any atom is -0.481 e. The summed E-state index contributed by atoms with van der Waals surface area (Å²) in [5.74, 6) is -2.24. The summed E-state index contributed by atoms with van der Waals surface area (Å²) in [4.78, 5) is 23.5. The molecule has 0 aliphatic carbocycles. The lowest BCUT2D eigenvalue weighted by atomic mass is 9.72. The summed E-state index contributed by atoms with van der Waals surface area (Å²) in [5.41, 5.74) is 1.70. The van der Waals surface area contributed by atoms with Crippen molar-refractivity contribution in [2.45, 2.75) is 32.1 Å². The second kappa shape index (κ2) is 6.65. The van der Waals surface area contributed by atoms with Crippen LogP contribution in [0.4, 0.5) is 0 Å². The fraction of sp³-hybridized carbons (Fsp3) is 0.263. The standard InChI is InChI=1S/C19H20O4/c1-13-8-14(2)10-16(9-13)19(18(22)23,12-17(20)21)11-15-6-4-3-5-7-15/h3-10H,11-12H2,1-2H3,(H,20,21)(H,22,23). The molecule has 0 aromatic heterocycles. The number of aryl methyl sites for hydroxylation is 2. The van der Waals surface area contributed by atoms with Crippen LogP contribution in [-0.2, 0) is 21.4 Å². The molecule has 4 heteroatoms. The van der Waals surface area contributed by atoms with Gasteiger partial charge in [0.05, 0.1) is 6.42 Å². The molecule has 0 saturated carbocycles. The lowest BCUT2D eigenvalue weighted by Gasteiger charge is -2.29. The minimum absolute atomic E-state index is 0.137. The second-order valence-electron chi connectivity index (χ2n) is 6.00. The highest BCUT2D eigenvalue weighted by molar-refractivity contribution is 5.87. The molecule has 120 valence electrons. The number of hydrogen-bond acceptors (Lipinski definition) is 2. The molecule has 2 aromatic carbocycles. The van der Waals surface area contributed by atoms with Crippen LogP contribution in [0.3, 0.4) is 0 Å². The van der Waals surface area contributed by atoms with E-state index in [1.807, 2.05) is 50.2 Å². The molecular weight excluding hydrogens is 292 g/mol. The van der Waals surface area contributed by atoms with Crippen molar-refractivity contribution in [2.24, 2.45) is 0 Å². The van der Waals surface area contributed by atoms with Gasteiger partial charge in [0.15, 0.2) is 0 Å². The Morgan fingerprint density at radius 3 is 2.00 bits per heavy atom. The number of benzene rings is 2. The third-order valence-corrected chi connectivity index (χ3v) is 3.99. The van der Waals surface area contributed by atoms with Crippen molar-refractivity contribution < 1.29 is 19.8 Å². The van der Waals surface area contributed by atoms with Gasteiger partial charge in [-0.25, -0.2) is 0 Å². The quantitative estimate of drug-likeness (QED) is 0.858. The average molecular weight is 312 g/mol. The Labute approximate surface area is 135 Å². The average Bonchev–Trinajstić information content (AvgIpc) is 2.45. The van der Waals surface area contributed by atoms with Crippen LogP contribution in [0.15, 0.2) is 48.5 Å². The molecular formula is C19H20O4. The first-order valence-corrected chi connectivity index (χ1v) is 7.41. The van der Waals surface area contributed by atoms with Gasteiger partial charge in [0, 0.05) is 0 Å². The molecule has 0 aliphatic heterocycles. The van der Waals surface area contributed by atoms with E-state index in [2.05, 4.69) is 0 Å². The minimum atomic E-state index is -1.48. The molecule has 0 bridgehead atoms. The van der Waals surface area contributed by atoms with Crippen molar-refractivity contribution >= 4 is 11.9 Å². The Morgan fingerprint density at radius 2 is 1.52 bits per heavy atom. The van der Waals surface area contributed by atoms with Crippen LogP contribution < -0.4 is 0 Å². The van der Waals surface area contributed by atoms with Crippen molar-refractivity contribution in [1.29, 1.82) is 0 Å². The van der Waals surface area contributed by atoms with Crippen molar-refractivity contribution in [3.63, 3.8) is 0 Å². The first kappa shape index (κ1) is 16.7. The molecule has 0 fully saturated rings. The number of rotatable bonds is 6. The van der Waals surface area contributed by atoms with Crippen molar-refractivity contribution in [3.05, 3.63) is 70.8 Å². The topological polar surface area (TPSA) is 74.6 Å². The van der Waals surface area contributed by atoms with E-state index in [1.54, 1.807) is 12.1 Å². The van der Waals surface area contributed by atoms with E-state index >= 15 is 0 Å². The Balaban J connectivity index is 2.61. The lowest BCUT2D eigenvalue weighted by Crippen LogP contribution is -2.40. The highest BCUT2D eigenvalue weighted by Gasteiger charge is 2.43. The van der Waals surface area contributed by atoms with Gasteiger partial charge in [0.25, 0.3) is 0 Å². The molecule has 0 amide bonds. The van der Waals surface area contributed by atoms with Gasteiger partial charge in [-0.15, -0.1) is 0 Å². The number of carboxylic acid groups (broad SMARTS) is 2. The number of aliphatic carboxylic acids is 2. The Morgan fingerprint density at radius 1 is 0.957 bits per heavy atom. The SMILES string of the molecule is Cc1cc(C)cc(C(CC(=O)O)(Cc2ccccc2)C(=O)O)c1. The van der Waals surface area contributed by atoms with Gasteiger partial charge in [-0.05, 0) is 31.4 Å². The van der Waals surface area contributed by atoms with E-state index in [0.29, 0.717) is 5.56 Å². The molecule has 4 nitrogen and oxygen atoms in total. The molecule has 1 unspecified atom stereocenters. The van der Waals surface area contributed by atoms with E-state index in [9.17, 15) is 19.8 Å². The molecule has 1 atom stereocenters. The molecule has 23 heavy (non-hydrogen) atoms. The third kappa shape index (κ3) is 3.77. The molecule has 2 rings (SSSR count). The molecule has 2 N–H and O–H groups in total. The van der Waals surface area contributed by atoms with Gasteiger partial charge in [0.2, 0.25) is 0 Å². The van der Waals surface area contributed by atoms with E-state index in [0.717, 1.165) is 16.7 Å². The molecule has 0 heterocycles. The van der Waals surface area contributed by atoms with Crippen LogP contribution in [0.2, 0.25) is 0 Å². The van der Waals surface area contributed by atoms with E-state index in [1.165, 1.54) is 0 Å². The molecule has 0 saturated heterocycles. The summed E-state index contributed by atoms with van der Waals surface area (Å²) in [6, 6.07) is 14.6. The molecule has 0 radical (unpaired) electrons. The maximum atomic E-state index is 12.1. The van der Waals surface area contributed by atoms with Crippen molar-refractivity contribution in [2.75, 3.05) is 0 Å². The van der Waals surface area contributed by atoms with Crippen LogP contribution in [0.5, 0.6) is 0 Å². The van der Waals surface area contributed by atoms with Gasteiger partial charge in [-0.3, -0.25) is 9.59 Å². The number of carbonyl (C=O) groups is 2. The summed E-state index contributed by atoms with van der Waals surface area (Å²) >= 11 is 0. The third-order valence-electron chi connectivity index (χ3n) is 3.99. The summed E-state index contributed by atoms with van der Waals surface area (Å²) in [5, 5.41) is 19.2. The van der Waals surface area contributed by atoms with Gasteiger partial charge < -0.3 is 10.2 Å². The zero-order valence-electron chi connectivity index (χ0n) is 13.2. The summed E-state index contributed by atoms with van der Waals surface area (Å²) in [6.07, 6.45) is -0.321. The first-order chi connectivity index (χ1) is 10.8. The molecule has 0 aliphatic rings. The zero-order chi connectivity index (χ0) is 17.0. The Bertz CT molecular complexity index is 701. The first-order valence-electron chi connectivity index (χ1n) is 7.41. The van der Waals surface area contributed by atoms with Gasteiger partial charge >= 0.3 is 11.9 Å².